The highest BCUT2D eigenvalue weighted by molar-refractivity contribution is 6.12. The molecule has 0 N–H and O–H groups in total. The van der Waals surface area contributed by atoms with Gasteiger partial charge in [0.25, 0.3) is 0 Å². The molecule has 0 amide bonds. The Bertz CT molecular complexity index is 2760. The van der Waals surface area contributed by atoms with Crippen molar-refractivity contribution in [2.45, 2.75) is 5.41 Å². The first-order valence-electron chi connectivity index (χ1n) is 16.2. The molecule has 0 radical (unpaired) electrons. The van der Waals surface area contributed by atoms with Crippen molar-refractivity contribution in [2.24, 2.45) is 0 Å². The molecular weight excluding hydrogens is 569 g/mol. The predicted molar refractivity (Wildman–Crippen MR) is 194 cm³/mol. The van der Waals surface area contributed by atoms with Crippen molar-refractivity contribution in [1.82, 2.24) is 9.97 Å². The molecule has 2 nitrogen and oxygen atoms in total. The van der Waals surface area contributed by atoms with E-state index in [0.717, 1.165) is 33.1 Å². The summed E-state index contributed by atoms with van der Waals surface area (Å²) in [6.07, 6.45) is 1.93. The molecule has 0 saturated heterocycles. The Morgan fingerprint density at radius 2 is 1.06 bits per heavy atom. The summed E-state index contributed by atoms with van der Waals surface area (Å²) in [4.78, 5) is 10.8. The van der Waals surface area contributed by atoms with Gasteiger partial charge < -0.3 is 0 Å². The Labute approximate surface area is 271 Å². The molecule has 2 aromatic heterocycles. The molecule has 216 valence electrons. The molecule has 2 heteroatoms. The number of fused-ring (bicyclic) bond motifs is 16. The van der Waals surface area contributed by atoms with Crippen molar-refractivity contribution >= 4 is 43.4 Å². The number of nitrogens with zero attached hydrogens (tertiary/aromatic N) is 2. The summed E-state index contributed by atoms with van der Waals surface area (Å²) >= 11 is 0. The van der Waals surface area contributed by atoms with Crippen LogP contribution in [0.2, 0.25) is 0 Å². The van der Waals surface area contributed by atoms with Crippen LogP contribution < -0.4 is 0 Å². The molecule has 0 fully saturated rings. The quantitative estimate of drug-likeness (QED) is 0.177. The van der Waals surface area contributed by atoms with Gasteiger partial charge in [0.1, 0.15) is 0 Å². The van der Waals surface area contributed by atoms with Crippen LogP contribution in [0.3, 0.4) is 0 Å². The molecule has 47 heavy (non-hydrogen) atoms. The Balaban J connectivity index is 1.35. The maximum atomic E-state index is 5.64. The Morgan fingerprint density at radius 1 is 0.404 bits per heavy atom. The first-order valence-corrected chi connectivity index (χ1v) is 16.2. The van der Waals surface area contributed by atoms with Crippen molar-refractivity contribution in [1.29, 1.82) is 0 Å². The average Bonchev–Trinajstić information content (AvgIpc) is 3.60. The standard InChI is InChI=1S/C45H26N2/c1-2-12-29-24-30(21-19-27(29)10-1)36-26-39-41(43-35(36)16-9-23-46-43)44-40(25-31-22-20-28-11-3-4-13-32(28)42(31)47-44)45(39)37-17-7-5-14-33(37)34-15-6-8-18-38(34)45/h1-26H. The number of rotatable bonds is 1. The summed E-state index contributed by atoms with van der Waals surface area (Å²) in [5, 5.41) is 7.15. The molecule has 2 aliphatic carbocycles. The van der Waals surface area contributed by atoms with Gasteiger partial charge in [0.2, 0.25) is 0 Å². The largest absolute Gasteiger partial charge is 0.256 e. The number of hydrogen-bond donors (Lipinski definition) is 0. The monoisotopic (exact) mass is 594 g/mol. The van der Waals surface area contributed by atoms with Crippen LogP contribution in [0.4, 0.5) is 0 Å². The number of benzene rings is 7. The van der Waals surface area contributed by atoms with E-state index in [1.54, 1.807) is 0 Å². The van der Waals surface area contributed by atoms with Crippen molar-refractivity contribution in [3.63, 3.8) is 0 Å². The van der Waals surface area contributed by atoms with E-state index >= 15 is 0 Å². The van der Waals surface area contributed by atoms with Crippen molar-refractivity contribution in [3.05, 3.63) is 180 Å². The summed E-state index contributed by atoms with van der Waals surface area (Å²) in [5.74, 6) is 0. The maximum Gasteiger partial charge on any atom is 0.0805 e. The normalized spacial score (nSPS) is 13.7. The minimum atomic E-state index is -0.526. The molecule has 11 rings (SSSR count). The molecule has 0 saturated carbocycles. The summed E-state index contributed by atoms with van der Waals surface area (Å²) in [7, 11) is 0. The smallest absolute Gasteiger partial charge is 0.0805 e. The first-order chi connectivity index (χ1) is 23.3. The number of hydrogen-bond acceptors (Lipinski definition) is 2. The minimum absolute atomic E-state index is 0.526. The van der Waals surface area contributed by atoms with Gasteiger partial charge in [-0.3, -0.25) is 4.98 Å². The van der Waals surface area contributed by atoms with Crippen molar-refractivity contribution < 1.29 is 0 Å². The Hall–Kier alpha value is -6.12. The van der Waals surface area contributed by atoms with Gasteiger partial charge in [-0.25, -0.2) is 4.98 Å². The summed E-state index contributed by atoms with van der Waals surface area (Å²) in [5.41, 5.74) is 13.7. The lowest BCUT2D eigenvalue weighted by Gasteiger charge is -2.31. The zero-order chi connectivity index (χ0) is 30.7. The molecule has 0 atom stereocenters. The van der Waals surface area contributed by atoms with Crippen LogP contribution in [-0.4, -0.2) is 9.97 Å². The highest BCUT2D eigenvalue weighted by atomic mass is 14.8. The van der Waals surface area contributed by atoms with Crippen LogP contribution in [0.15, 0.2) is 158 Å². The van der Waals surface area contributed by atoms with E-state index in [4.69, 9.17) is 9.97 Å². The Kier molecular flexibility index (Phi) is 4.80. The van der Waals surface area contributed by atoms with Crippen molar-refractivity contribution in [3.8, 4) is 33.5 Å². The highest BCUT2D eigenvalue weighted by Gasteiger charge is 2.53. The third-order valence-electron chi connectivity index (χ3n) is 10.7. The zero-order valence-electron chi connectivity index (χ0n) is 25.4. The third-order valence-corrected chi connectivity index (χ3v) is 10.7. The van der Waals surface area contributed by atoms with E-state index in [0.29, 0.717) is 0 Å². The summed E-state index contributed by atoms with van der Waals surface area (Å²) in [6, 6.07) is 55.6. The van der Waals surface area contributed by atoms with Gasteiger partial charge in [0, 0.05) is 27.9 Å². The molecule has 1 spiro atoms. The van der Waals surface area contributed by atoms with Gasteiger partial charge in [0.05, 0.1) is 22.1 Å². The summed E-state index contributed by atoms with van der Waals surface area (Å²) < 4.78 is 0. The van der Waals surface area contributed by atoms with Gasteiger partial charge >= 0.3 is 0 Å². The maximum absolute atomic E-state index is 5.64. The average molecular weight is 595 g/mol. The predicted octanol–water partition coefficient (Wildman–Crippen LogP) is 11.1. The van der Waals surface area contributed by atoms with Crippen LogP contribution in [0.25, 0.3) is 76.9 Å². The van der Waals surface area contributed by atoms with Crippen molar-refractivity contribution in [2.75, 3.05) is 0 Å². The van der Waals surface area contributed by atoms with E-state index in [1.807, 2.05) is 6.20 Å². The van der Waals surface area contributed by atoms with Crippen LogP contribution in [0, 0.1) is 0 Å². The third kappa shape index (κ3) is 3.15. The SMILES string of the molecule is c1ccc2c(c1)-c1ccccc1C21c2cc3ccc4ccccc4c3nc2-c2c1cc(-c1ccc3ccccc3c1)c1cccnc21. The zero-order valence-corrected chi connectivity index (χ0v) is 25.4. The fourth-order valence-electron chi connectivity index (χ4n) is 8.72. The van der Waals surface area contributed by atoms with E-state index in [9.17, 15) is 0 Å². The van der Waals surface area contributed by atoms with Crippen LogP contribution in [-0.2, 0) is 5.41 Å². The fraction of sp³-hybridized carbons (Fsp3) is 0.0222. The lowest BCUT2D eigenvalue weighted by molar-refractivity contribution is 0.794. The van der Waals surface area contributed by atoms with E-state index < -0.39 is 5.41 Å². The lowest BCUT2D eigenvalue weighted by atomic mass is 9.70. The fourth-order valence-corrected chi connectivity index (χ4v) is 8.72. The molecule has 0 bridgehead atoms. The molecule has 2 heterocycles. The van der Waals surface area contributed by atoms with E-state index in [2.05, 4.69) is 152 Å². The molecule has 0 aliphatic heterocycles. The molecule has 0 unspecified atom stereocenters. The van der Waals surface area contributed by atoms with Gasteiger partial charge in [0.15, 0.2) is 0 Å². The molecular formula is C45H26N2. The second-order valence-corrected chi connectivity index (χ2v) is 12.9. The van der Waals surface area contributed by atoms with Crippen LogP contribution >= 0.6 is 0 Å². The number of pyridine rings is 2. The Morgan fingerprint density at radius 3 is 1.89 bits per heavy atom. The van der Waals surface area contributed by atoms with Crippen LogP contribution in [0.5, 0.6) is 0 Å². The first kappa shape index (κ1) is 25.1. The second kappa shape index (κ2) is 8.99. The van der Waals surface area contributed by atoms with Gasteiger partial charge in [-0.15, -0.1) is 0 Å². The van der Waals surface area contributed by atoms with E-state index in [-0.39, 0.29) is 0 Å². The highest BCUT2D eigenvalue weighted by Crippen LogP contribution is 2.64. The van der Waals surface area contributed by atoms with Gasteiger partial charge in [-0.1, -0.05) is 127 Å². The van der Waals surface area contributed by atoms with E-state index in [1.165, 1.54) is 66.1 Å². The molecule has 7 aromatic carbocycles. The molecule has 9 aromatic rings. The summed E-state index contributed by atoms with van der Waals surface area (Å²) in [6.45, 7) is 0. The second-order valence-electron chi connectivity index (χ2n) is 12.9. The van der Waals surface area contributed by atoms with Crippen LogP contribution in [0.1, 0.15) is 22.3 Å². The molecule has 2 aliphatic rings. The van der Waals surface area contributed by atoms with Gasteiger partial charge in [-0.2, -0.15) is 0 Å². The van der Waals surface area contributed by atoms with Gasteiger partial charge in [-0.05, 0) is 84.9 Å². The lowest BCUT2D eigenvalue weighted by Crippen LogP contribution is -2.26. The number of aromatic nitrogens is 2. The topological polar surface area (TPSA) is 25.8 Å². The minimum Gasteiger partial charge on any atom is -0.256 e.